The molecule has 0 radical (unpaired) electrons. The van der Waals surface area contributed by atoms with E-state index in [1.165, 1.54) is 5.56 Å². The molecule has 28 heavy (non-hydrogen) atoms. The molecule has 3 aromatic carbocycles. The molecule has 3 heteroatoms. The Hall–Kier alpha value is -3.28. The molecule has 0 aliphatic rings. The molecule has 0 saturated carbocycles. The van der Waals surface area contributed by atoms with Gasteiger partial charge >= 0.3 is 0 Å². The summed E-state index contributed by atoms with van der Waals surface area (Å²) in [6.45, 7) is 2.72. The highest BCUT2D eigenvalue weighted by Gasteiger charge is 2.10. The van der Waals surface area contributed by atoms with E-state index in [0.29, 0.717) is 12.1 Å². The Balaban J connectivity index is 1.81. The van der Waals surface area contributed by atoms with Crippen molar-refractivity contribution in [3.05, 3.63) is 106 Å². The van der Waals surface area contributed by atoms with Gasteiger partial charge in [-0.1, -0.05) is 77.8 Å². The van der Waals surface area contributed by atoms with Crippen molar-refractivity contribution in [2.75, 3.05) is 0 Å². The van der Waals surface area contributed by atoms with Crippen LogP contribution in [0.1, 0.15) is 22.3 Å². The monoisotopic (exact) mass is 382 g/mol. The Morgan fingerprint density at radius 1 is 1.00 bits per heavy atom. The molecule has 0 atom stereocenters. The molecule has 0 amide bonds. The molecule has 0 N–H and O–H groups in total. The third kappa shape index (κ3) is 3.58. The van der Waals surface area contributed by atoms with Gasteiger partial charge in [-0.05, 0) is 36.3 Å². The first-order valence-electron chi connectivity index (χ1n) is 9.16. The second-order valence-corrected chi connectivity index (χ2v) is 7.26. The minimum atomic E-state index is 0.653. The quantitative estimate of drug-likeness (QED) is 0.360. The van der Waals surface area contributed by atoms with Gasteiger partial charge in [-0.15, -0.1) is 0 Å². The fourth-order valence-electron chi connectivity index (χ4n) is 3.40. The number of halogens is 1. The second kappa shape index (κ2) is 7.76. The van der Waals surface area contributed by atoms with Gasteiger partial charge in [0.25, 0.3) is 0 Å². The van der Waals surface area contributed by atoms with Gasteiger partial charge in [0.1, 0.15) is 0 Å². The Labute approximate surface area is 169 Å². The van der Waals surface area contributed by atoms with E-state index >= 15 is 0 Å². The van der Waals surface area contributed by atoms with Crippen molar-refractivity contribution < 1.29 is 0 Å². The number of nitrogens with zero attached hydrogens (tertiary/aromatic N) is 2. The van der Waals surface area contributed by atoms with Crippen molar-refractivity contribution in [2.24, 2.45) is 0 Å². The van der Waals surface area contributed by atoms with Crippen molar-refractivity contribution in [1.29, 1.82) is 5.26 Å². The molecule has 2 nitrogen and oxygen atoms in total. The number of aromatic nitrogens is 1. The smallest absolute Gasteiger partial charge is 0.0998 e. The maximum absolute atomic E-state index is 9.72. The van der Waals surface area contributed by atoms with Crippen LogP contribution in [0.5, 0.6) is 0 Å². The molecule has 0 spiro atoms. The maximum atomic E-state index is 9.72. The third-order valence-electron chi connectivity index (χ3n) is 4.90. The lowest BCUT2D eigenvalue weighted by atomic mass is 10.0. The molecule has 0 fully saturated rings. The van der Waals surface area contributed by atoms with Gasteiger partial charge < -0.3 is 4.57 Å². The normalized spacial score (nSPS) is 11.5. The number of benzene rings is 3. The van der Waals surface area contributed by atoms with Gasteiger partial charge in [0.05, 0.1) is 11.6 Å². The lowest BCUT2D eigenvalue weighted by molar-refractivity contribution is 0.836. The number of aryl methyl sites for hydroxylation is 1. The van der Waals surface area contributed by atoms with E-state index in [9.17, 15) is 5.26 Å². The molecular formula is C25H19ClN2. The summed E-state index contributed by atoms with van der Waals surface area (Å²) in [6.07, 6.45) is 4.07. The topological polar surface area (TPSA) is 28.7 Å². The summed E-state index contributed by atoms with van der Waals surface area (Å²) in [5.74, 6) is 0. The third-order valence-corrected chi connectivity index (χ3v) is 5.27. The van der Waals surface area contributed by atoms with Crippen molar-refractivity contribution in [3.8, 4) is 6.07 Å². The van der Waals surface area contributed by atoms with Gasteiger partial charge in [-0.2, -0.15) is 5.26 Å². The number of hydrogen-bond donors (Lipinski definition) is 0. The van der Waals surface area contributed by atoms with Crippen LogP contribution in [-0.4, -0.2) is 4.57 Å². The van der Waals surface area contributed by atoms with E-state index in [0.717, 1.165) is 32.6 Å². The fraction of sp³-hybridized carbons (Fsp3) is 0.0800. The van der Waals surface area contributed by atoms with E-state index < -0.39 is 0 Å². The SMILES string of the molecule is Cc1ccc(/C(C#N)=C\c2cn(Cc3ccccc3Cl)c3ccccc23)cc1. The summed E-state index contributed by atoms with van der Waals surface area (Å²) in [5, 5.41) is 11.6. The zero-order valence-corrected chi connectivity index (χ0v) is 16.3. The number of allylic oxidation sites excluding steroid dienone is 1. The van der Waals surface area contributed by atoms with Gasteiger partial charge in [0.2, 0.25) is 0 Å². The Morgan fingerprint density at radius 3 is 2.46 bits per heavy atom. The molecular weight excluding hydrogens is 364 g/mol. The number of fused-ring (bicyclic) bond motifs is 1. The standard InChI is InChI=1S/C25H19ClN2/c1-18-10-12-19(13-11-18)21(15-27)14-22-17-28(25-9-5-3-7-23(22)25)16-20-6-2-4-8-24(20)26/h2-14,17H,16H2,1H3/b21-14-. The molecule has 4 aromatic rings. The summed E-state index contributed by atoms with van der Waals surface area (Å²) < 4.78 is 2.19. The largest absolute Gasteiger partial charge is 0.342 e. The first-order chi connectivity index (χ1) is 13.7. The highest BCUT2D eigenvalue weighted by Crippen LogP contribution is 2.28. The van der Waals surface area contributed by atoms with Crippen LogP contribution in [0.25, 0.3) is 22.6 Å². The van der Waals surface area contributed by atoms with E-state index in [1.54, 1.807) is 0 Å². The minimum Gasteiger partial charge on any atom is -0.342 e. The summed E-state index contributed by atoms with van der Waals surface area (Å²) in [6, 6.07) is 26.5. The van der Waals surface area contributed by atoms with Crippen LogP contribution >= 0.6 is 11.6 Å². The molecule has 1 aromatic heterocycles. The Bertz CT molecular complexity index is 1210. The van der Waals surface area contributed by atoms with Crippen LogP contribution < -0.4 is 0 Å². The molecule has 0 unspecified atom stereocenters. The summed E-state index contributed by atoms with van der Waals surface area (Å²) in [4.78, 5) is 0. The molecule has 0 bridgehead atoms. The lowest BCUT2D eigenvalue weighted by Crippen LogP contribution is -1.98. The van der Waals surface area contributed by atoms with E-state index in [4.69, 9.17) is 11.6 Å². The minimum absolute atomic E-state index is 0.653. The van der Waals surface area contributed by atoms with E-state index in [-0.39, 0.29) is 0 Å². The van der Waals surface area contributed by atoms with Crippen LogP contribution in [0.2, 0.25) is 5.02 Å². The molecule has 1 heterocycles. The molecule has 4 rings (SSSR count). The average molecular weight is 383 g/mol. The number of hydrogen-bond acceptors (Lipinski definition) is 1. The number of nitriles is 1. The van der Waals surface area contributed by atoms with Gasteiger partial charge in [-0.25, -0.2) is 0 Å². The summed E-state index contributed by atoms with van der Waals surface area (Å²) >= 11 is 6.36. The van der Waals surface area contributed by atoms with Gasteiger partial charge in [0, 0.05) is 34.2 Å². The second-order valence-electron chi connectivity index (χ2n) is 6.86. The summed E-state index contributed by atoms with van der Waals surface area (Å²) in [5.41, 5.74) is 5.98. The predicted molar refractivity (Wildman–Crippen MR) is 117 cm³/mol. The maximum Gasteiger partial charge on any atom is 0.0998 e. The van der Waals surface area contributed by atoms with Gasteiger partial charge in [0.15, 0.2) is 0 Å². The Morgan fingerprint density at radius 2 is 1.71 bits per heavy atom. The van der Waals surface area contributed by atoms with Crippen LogP contribution in [0, 0.1) is 18.3 Å². The lowest BCUT2D eigenvalue weighted by Gasteiger charge is -2.07. The summed E-state index contributed by atoms with van der Waals surface area (Å²) in [7, 11) is 0. The predicted octanol–water partition coefficient (Wildman–Crippen LogP) is 6.72. The molecule has 136 valence electrons. The van der Waals surface area contributed by atoms with Crippen LogP contribution in [0.3, 0.4) is 0 Å². The first kappa shape index (κ1) is 18.1. The van der Waals surface area contributed by atoms with Crippen molar-refractivity contribution in [2.45, 2.75) is 13.5 Å². The molecule has 0 aliphatic carbocycles. The average Bonchev–Trinajstić information content (AvgIpc) is 3.06. The Kier molecular flexibility index (Phi) is 5.02. The van der Waals surface area contributed by atoms with E-state index in [1.807, 2.05) is 73.7 Å². The van der Waals surface area contributed by atoms with Crippen LogP contribution in [-0.2, 0) is 6.54 Å². The van der Waals surface area contributed by atoms with Crippen molar-refractivity contribution in [3.63, 3.8) is 0 Å². The van der Waals surface area contributed by atoms with Crippen molar-refractivity contribution in [1.82, 2.24) is 4.57 Å². The molecule has 0 aliphatic heterocycles. The number of rotatable bonds is 4. The van der Waals surface area contributed by atoms with Gasteiger partial charge in [-0.3, -0.25) is 0 Å². The van der Waals surface area contributed by atoms with Crippen LogP contribution in [0.15, 0.2) is 79.0 Å². The molecule has 0 saturated heterocycles. The zero-order valence-electron chi connectivity index (χ0n) is 15.6. The van der Waals surface area contributed by atoms with Crippen LogP contribution in [0.4, 0.5) is 0 Å². The highest BCUT2D eigenvalue weighted by molar-refractivity contribution is 6.31. The first-order valence-corrected chi connectivity index (χ1v) is 9.53. The fourth-order valence-corrected chi connectivity index (χ4v) is 3.60. The number of para-hydroxylation sites is 1. The van der Waals surface area contributed by atoms with E-state index in [2.05, 4.69) is 29.0 Å². The van der Waals surface area contributed by atoms with Crippen molar-refractivity contribution >= 4 is 34.2 Å². The highest BCUT2D eigenvalue weighted by atomic mass is 35.5. The zero-order chi connectivity index (χ0) is 19.5.